The van der Waals surface area contributed by atoms with E-state index in [0.717, 1.165) is 20.0 Å². The molecule has 0 saturated carbocycles. The van der Waals surface area contributed by atoms with Crippen LogP contribution in [0.3, 0.4) is 0 Å². The first-order valence-electron chi connectivity index (χ1n) is 21.5. The van der Waals surface area contributed by atoms with Crippen LogP contribution in [0.15, 0.2) is 32.2 Å². The van der Waals surface area contributed by atoms with Gasteiger partial charge in [-0.1, -0.05) is 27.0 Å². The number of aliphatic hydroxyl groups is 2. The molecule has 6 aliphatic heterocycles. The largest absolute Gasteiger partial charge is 0.489 e. The van der Waals surface area contributed by atoms with E-state index in [1.165, 1.54) is 20.3 Å². The van der Waals surface area contributed by atoms with Crippen LogP contribution < -0.4 is 0 Å². The van der Waals surface area contributed by atoms with Crippen molar-refractivity contribution in [1.82, 2.24) is 0 Å². The molecule has 62 heavy (non-hydrogen) atoms. The Bertz CT molecular complexity index is 1630. The molecule has 2 N–H and O–H groups in total. The van der Waals surface area contributed by atoms with E-state index in [-0.39, 0.29) is 120 Å². The fraction of sp³-hybridized carbons (Fsp3) is 0.773. The molecule has 17 atom stereocenters. The minimum atomic E-state index is -0.994. The lowest BCUT2D eigenvalue weighted by Gasteiger charge is -2.47. The highest BCUT2D eigenvalue weighted by Gasteiger charge is 2.57. The molecule has 0 bridgehead atoms. The summed E-state index contributed by atoms with van der Waals surface area (Å²) in [6, 6.07) is 0. The molecule has 0 radical (unpaired) electrons. The number of hydrogen-bond donors (Lipinski definition) is 2. The summed E-state index contributed by atoms with van der Waals surface area (Å²) in [6.45, 7) is 11.7. The topological polar surface area (TPSA) is 183 Å². The van der Waals surface area contributed by atoms with Crippen molar-refractivity contribution in [2.24, 2.45) is 11.8 Å². The van der Waals surface area contributed by atoms with E-state index in [0.29, 0.717) is 44.9 Å². The number of ether oxygens (including phenoxy) is 8. The molecule has 6 heterocycles. The first kappa shape index (κ1) is 52.0. The van der Waals surface area contributed by atoms with Crippen LogP contribution >= 0.6 is 68.4 Å². The number of Topliss-reactive ketones (excluding diaryl/α,β-unsaturated/α-hetero) is 1. The van der Waals surface area contributed by atoms with Gasteiger partial charge in [0.2, 0.25) is 0 Å². The zero-order valence-electron chi connectivity index (χ0n) is 35.8. The Labute approximate surface area is 402 Å². The van der Waals surface area contributed by atoms with Gasteiger partial charge >= 0.3 is 11.9 Å². The second-order valence-corrected chi connectivity index (χ2v) is 21.6. The molecule has 350 valence electrons. The summed E-state index contributed by atoms with van der Waals surface area (Å²) in [6.07, 6.45) is 2.36. The molecular formula is C44H62Cl2I2O14. The van der Waals surface area contributed by atoms with Gasteiger partial charge < -0.3 is 48.1 Å². The maximum absolute atomic E-state index is 12.5. The number of esters is 2. The van der Waals surface area contributed by atoms with E-state index in [1.807, 2.05) is 13.8 Å². The van der Waals surface area contributed by atoms with Gasteiger partial charge in [0.15, 0.2) is 5.78 Å². The zero-order valence-corrected chi connectivity index (χ0v) is 41.6. The lowest BCUT2D eigenvalue weighted by Crippen LogP contribution is -2.57. The molecular weight excluding hydrogens is 1080 g/mol. The number of halogens is 4. The van der Waals surface area contributed by atoms with Crippen LogP contribution in [-0.2, 0) is 57.1 Å². The summed E-state index contributed by atoms with van der Waals surface area (Å²) in [5.41, 5.74) is 0. The van der Waals surface area contributed by atoms with Crippen molar-refractivity contribution in [3.05, 3.63) is 32.2 Å². The van der Waals surface area contributed by atoms with Crippen molar-refractivity contribution in [3.8, 4) is 0 Å². The molecule has 0 aromatic rings. The van der Waals surface area contributed by atoms with Crippen molar-refractivity contribution in [3.63, 3.8) is 0 Å². The molecule has 6 saturated heterocycles. The van der Waals surface area contributed by atoms with Crippen LogP contribution in [0, 0.1) is 11.8 Å². The molecule has 0 spiro atoms. The SMILES string of the molecule is C=C(I)C[C@H](Cl)CCC(=O)/C=C1/O[C@@H]2C(O[C@H]3CC[C@H](CC(=O)OC)O[C@@H]3[C@@H]2C)[C@H]1O.C=C(I)C[C@H](Cl)CCC(=O)CC1O[C@@H]2C(O[C@H]3CC[C@H](CC(=O)OC)O[C@@H]3[C@@H]2C)[C@H]1O. The number of carbonyl (C=O) groups is 4. The highest BCUT2D eigenvalue weighted by Crippen LogP contribution is 2.44. The van der Waals surface area contributed by atoms with E-state index < -0.39 is 36.6 Å². The van der Waals surface area contributed by atoms with E-state index in [2.05, 4.69) is 58.3 Å². The van der Waals surface area contributed by atoms with Gasteiger partial charge in [-0.25, -0.2) is 0 Å². The van der Waals surface area contributed by atoms with Crippen LogP contribution in [0.25, 0.3) is 0 Å². The van der Waals surface area contributed by atoms with Gasteiger partial charge in [-0.15, -0.1) is 23.2 Å². The smallest absolute Gasteiger partial charge is 0.308 e. The third-order valence-corrected chi connectivity index (χ3v) is 14.2. The van der Waals surface area contributed by atoms with E-state index in [9.17, 15) is 29.4 Å². The van der Waals surface area contributed by atoms with Crippen molar-refractivity contribution in [1.29, 1.82) is 0 Å². The maximum Gasteiger partial charge on any atom is 0.308 e. The summed E-state index contributed by atoms with van der Waals surface area (Å²) in [7, 11) is 2.73. The number of methoxy groups -OCH3 is 2. The fourth-order valence-electron chi connectivity index (χ4n) is 9.30. The Hall–Kier alpha value is -0.940. The summed E-state index contributed by atoms with van der Waals surface area (Å²) < 4.78 is 48.1. The normalized spacial score (nSPS) is 37.5. The molecule has 14 nitrogen and oxygen atoms in total. The van der Waals surface area contributed by atoms with Crippen molar-refractivity contribution >= 4 is 91.9 Å². The maximum atomic E-state index is 12.5. The van der Waals surface area contributed by atoms with Crippen LogP contribution in [-0.4, -0.2) is 138 Å². The summed E-state index contributed by atoms with van der Waals surface area (Å²) >= 11 is 16.7. The minimum absolute atomic E-state index is 0.0203. The van der Waals surface area contributed by atoms with E-state index in [1.54, 1.807) is 0 Å². The van der Waals surface area contributed by atoms with Gasteiger partial charge in [0.05, 0.1) is 75.9 Å². The number of rotatable bonds is 17. The van der Waals surface area contributed by atoms with Crippen LogP contribution in [0.2, 0.25) is 0 Å². The van der Waals surface area contributed by atoms with E-state index in [4.69, 9.17) is 61.1 Å². The predicted octanol–water partition coefficient (Wildman–Crippen LogP) is 6.75. The lowest BCUT2D eigenvalue weighted by atomic mass is 9.82. The monoisotopic (exact) mass is 1140 g/mol. The minimum Gasteiger partial charge on any atom is -0.489 e. The molecule has 18 heteroatoms. The van der Waals surface area contributed by atoms with Crippen molar-refractivity contribution in [2.45, 2.75) is 187 Å². The van der Waals surface area contributed by atoms with Gasteiger partial charge in [0.1, 0.15) is 42.1 Å². The van der Waals surface area contributed by atoms with Gasteiger partial charge in [0, 0.05) is 47.9 Å². The summed E-state index contributed by atoms with van der Waals surface area (Å²) in [5.74, 6) is -0.574. The van der Waals surface area contributed by atoms with Crippen LogP contribution in [0.5, 0.6) is 0 Å². The Morgan fingerprint density at radius 3 is 1.73 bits per heavy atom. The molecule has 0 aliphatic carbocycles. The Morgan fingerprint density at radius 1 is 0.710 bits per heavy atom. The predicted molar refractivity (Wildman–Crippen MR) is 246 cm³/mol. The van der Waals surface area contributed by atoms with Crippen molar-refractivity contribution < 1.29 is 67.3 Å². The quantitative estimate of drug-likeness (QED) is 0.0675. The molecule has 0 amide bonds. The van der Waals surface area contributed by atoms with Gasteiger partial charge in [-0.05, 0) is 104 Å². The second-order valence-electron chi connectivity index (χ2n) is 17.3. The lowest BCUT2D eigenvalue weighted by molar-refractivity contribution is -0.240. The molecule has 6 fully saturated rings. The van der Waals surface area contributed by atoms with Crippen LogP contribution in [0.1, 0.15) is 97.3 Å². The Balaban J connectivity index is 0.000000234. The zero-order chi connectivity index (χ0) is 45.4. The average molecular weight is 1140 g/mol. The number of aliphatic hydroxyl groups excluding tert-OH is 2. The second kappa shape index (κ2) is 24.2. The fourth-order valence-corrected chi connectivity index (χ4v) is 11.5. The third kappa shape index (κ3) is 14.0. The van der Waals surface area contributed by atoms with Crippen molar-refractivity contribution in [2.75, 3.05) is 14.2 Å². The number of fused-ring (bicyclic) bond motifs is 4. The first-order valence-corrected chi connectivity index (χ1v) is 24.6. The summed E-state index contributed by atoms with van der Waals surface area (Å²) in [4.78, 5) is 48.1. The standard InChI is InChI=1S/C22H32ClIO7.C22H30ClIO7/c2*1-11(24)8-13(23)4-5-14(25)9-17-19(27)22-21(31-17)12(2)20-16(30-22)7-6-15(29-20)10-18(26)28-3/h12-13,15-17,19-22,27H,1,4-10H2,2-3H3;9,12-13,15-16,19-22,27H,1,4-8,10H2,2-3H3/b;17-9+/t12-,13+,15+,16-,17?,19-,20+,21-,22?;12-,13+,15+,16-,19-,20+,21-,22?/m00/s1. The molecule has 0 aromatic heterocycles. The Morgan fingerprint density at radius 2 is 1.21 bits per heavy atom. The number of ketones is 2. The van der Waals surface area contributed by atoms with Crippen LogP contribution in [0.4, 0.5) is 0 Å². The molecule has 6 rings (SSSR count). The number of hydrogen-bond acceptors (Lipinski definition) is 14. The number of carbonyl (C=O) groups excluding carboxylic acids is 4. The molecule has 3 unspecified atom stereocenters. The highest BCUT2D eigenvalue weighted by atomic mass is 127. The number of allylic oxidation sites excluding steroid dienone is 3. The highest BCUT2D eigenvalue weighted by molar-refractivity contribution is 14.1. The number of alkyl halides is 2. The molecule has 0 aromatic carbocycles. The average Bonchev–Trinajstić information content (AvgIpc) is 3.70. The molecule has 6 aliphatic rings. The van der Waals surface area contributed by atoms with Gasteiger partial charge in [-0.2, -0.15) is 0 Å². The first-order chi connectivity index (χ1) is 29.4. The van der Waals surface area contributed by atoms with E-state index >= 15 is 0 Å². The summed E-state index contributed by atoms with van der Waals surface area (Å²) in [5, 5.41) is 21.3. The third-order valence-electron chi connectivity index (χ3n) is 12.6. The Kier molecular flexibility index (Phi) is 20.3. The van der Waals surface area contributed by atoms with Gasteiger partial charge in [0.25, 0.3) is 0 Å². The van der Waals surface area contributed by atoms with Gasteiger partial charge in [-0.3, -0.25) is 19.2 Å².